The van der Waals surface area contributed by atoms with Crippen LogP contribution >= 0.6 is 0 Å². The zero-order valence-corrected chi connectivity index (χ0v) is 17.5. The molecule has 2 amide bonds. The van der Waals surface area contributed by atoms with E-state index in [1.54, 1.807) is 20.3 Å². The van der Waals surface area contributed by atoms with Gasteiger partial charge in [-0.1, -0.05) is 48.5 Å². The molecule has 1 aliphatic heterocycles. The quantitative estimate of drug-likeness (QED) is 0.582. The number of imide groups is 1. The van der Waals surface area contributed by atoms with E-state index in [9.17, 15) is 9.59 Å². The van der Waals surface area contributed by atoms with Crippen molar-refractivity contribution in [1.29, 1.82) is 0 Å². The maximum Gasteiger partial charge on any atom is 0.234 e. The minimum Gasteiger partial charge on any atom is -0.497 e. The summed E-state index contributed by atoms with van der Waals surface area (Å²) < 4.78 is 10.7. The molecule has 5 rings (SSSR count). The summed E-state index contributed by atoms with van der Waals surface area (Å²) in [5.41, 5.74) is 5.35. The van der Waals surface area contributed by atoms with E-state index in [4.69, 9.17) is 9.47 Å². The van der Waals surface area contributed by atoms with Gasteiger partial charge in [0.25, 0.3) is 0 Å². The maximum absolute atomic E-state index is 13.5. The molecule has 1 unspecified atom stereocenters. The first kappa shape index (κ1) is 19.4. The lowest BCUT2D eigenvalue weighted by atomic mass is 9.83. The van der Waals surface area contributed by atoms with Crippen LogP contribution in [0.1, 0.15) is 29.0 Å². The Balaban J connectivity index is 1.48. The lowest BCUT2D eigenvalue weighted by Gasteiger charge is -2.21. The van der Waals surface area contributed by atoms with Crippen molar-refractivity contribution in [3.05, 3.63) is 83.4 Å². The van der Waals surface area contributed by atoms with Crippen LogP contribution in [0.2, 0.25) is 0 Å². The largest absolute Gasteiger partial charge is 0.497 e. The average molecular weight is 413 g/mol. The summed E-state index contributed by atoms with van der Waals surface area (Å²) in [5.74, 6) is 0.493. The molecule has 3 aromatic rings. The Labute approximate surface area is 181 Å². The van der Waals surface area contributed by atoms with Crippen LogP contribution in [0.15, 0.2) is 66.7 Å². The Hall–Kier alpha value is -3.60. The van der Waals surface area contributed by atoms with Gasteiger partial charge in [0.2, 0.25) is 11.8 Å². The number of methoxy groups -OCH3 is 2. The fraction of sp³-hybridized carbons (Fsp3) is 0.231. The first-order valence-corrected chi connectivity index (χ1v) is 10.3. The average Bonchev–Trinajstić information content (AvgIpc) is 3.27. The minimum atomic E-state index is -0.398. The van der Waals surface area contributed by atoms with Gasteiger partial charge in [-0.15, -0.1) is 0 Å². The highest BCUT2D eigenvalue weighted by Gasteiger charge is 2.46. The molecule has 0 N–H and O–H groups in total. The molecule has 1 heterocycles. The highest BCUT2D eigenvalue weighted by atomic mass is 16.5. The third kappa shape index (κ3) is 3.17. The van der Waals surface area contributed by atoms with Gasteiger partial charge in [0, 0.05) is 18.4 Å². The monoisotopic (exact) mass is 413 g/mol. The number of carbonyl (C=O) groups excluding carboxylic acids is 2. The molecule has 0 saturated carbocycles. The van der Waals surface area contributed by atoms with Crippen molar-refractivity contribution in [2.75, 3.05) is 14.2 Å². The van der Waals surface area contributed by atoms with Gasteiger partial charge < -0.3 is 9.47 Å². The molecule has 5 nitrogen and oxygen atoms in total. The van der Waals surface area contributed by atoms with E-state index >= 15 is 0 Å². The zero-order valence-electron chi connectivity index (χ0n) is 17.5. The van der Waals surface area contributed by atoms with Gasteiger partial charge in [0.1, 0.15) is 11.5 Å². The summed E-state index contributed by atoms with van der Waals surface area (Å²) in [4.78, 5) is 27.8. The smallest absolute Gasteiger partial charge is 0.234 e. The lowest BCUT2D eigenvalue weighted by Crippen LogP contribution is -2.31. The highest BCUT2D eigenvalue weighted by Crippen LogP contribution is 2.50. The van der Waals surface area contributed by atoms with Crippen LogP contribution in [0, 0.1) is 5.92 Å². The molecule has 1 aliphatic carbocycles. The summed E-state index contributed by atoms with van der Waals surface area (Å²) in [6.45, 7) is 0.206. The predicted molar refractivity (Wildman–Crippen MR) is 117 cm³/mol. The molecule has 0 spiro atoms. The molecule has 3 aromatic carbocycles. The Morgan fingerprint density at radius 1 is 0.839 bits per heavy atom. The Morgan fingerprint density at radius 2 is 1.39 bits per heavy atom. The van der Waals surface area contributed by atoms with E-state index in [-0.39, 0.29) is 30.7 Å². The number of carbonyl (C=O) groups is 2. The molecule has 0 bridgehead atoms. The number of nitrogens with zero attached hydrogens (tertiary/aromatic N) is 1. The topological polar surface area (TPSA) is 55.8 Å². The highest BCUT2D eigenvalue weighted by molar-refractivity contribution is 6.04. The number of rotatable bonds is 5. The molecule has 31 heavy (non-hydrogen) atoms. The third-order valence-corrected chi connectivity index (χ3v) is 6.31. The van der Waals surface area contributed by atoms with Crippen molar-refractivity contribution in [1.82, 2.24) is 4.90 Å². The van der Waals surface area contributed by atoms with Crippen LogP contribution in [-0.2, 0) is 16.1 Å². The normalized spacial score (nSPS) is 17.6. The van der Waals surface area contributed by atoms with E-state index < -0.39 is 5.92 Å². The fourth-order valence-corrected chi connectivity index (χ4v) is 4.90. The molecule has 0 aromatic heterocycles. The number of amides is 2. The molecular formula is C26H23NO4. The number of hydrogen-bond acceptors (Lipinski definition) is 4. The number of ether oxygens (including phenoxy) is 2. The standard InChI is InChI=1S/C26H23NO4/c1-30-17-11-16(12-18(13-17)31-2)15-27-24(28)14-23(26(27)29)25-21-9-5-3-7-19(21)20-8-4-6-10-22(20)25/h3-13,23,25H,14-15H2,1-2H3. The van der Waals surface area contributed by atoms with Crippen LogP contribution in [0.5, 0.6) is 11.5 Å². The Kier molecular flexibility index (Phi) is 4.74. The van der Waals surface area contributed by atoms with Crippen LogP contribution in [-0.4, -0.2) is 30.9 Å². The molecular weight excluding hydrogens is 390 g/mol. The van der Waals surface area contributed by atoms with E-state index in [2.05, 4.69) is 24.3 Å². The number of fused-ring (bicyclic) bond motifs is 3. The van der Waals surface area contributed by atoms with Crippen LogP contribution < -0.4 is 9.47 Å². The molecule has 1 saturated heterocycles. The van der Waals surface area contributed by atoms with Crippen molar-refractivity contribution in [3.63, 3.8) is 0 Å². The van der Waals surface area contributed by atoms with Crippen LogP contribution in [0.25, 0.3) is 11.1 Å². The molecule has 2 aliphatic rings. The number of hydrogen-bond donors (Lipinski definition) is 0. The number of benzene rings is 3. The van der Waals surface area contributed by atoms with E-state index in [0.29, 0.717) is 11.5 Å². The van der Waals surface area contributed by atoms with Crippen LogP contribution in [0.4, 0.5) is 0 Å². The predicted octanol–water partition coefficient (Wildman–Crippen LogP) is 4.39. The zero-order chi connectivity index (χ0) is 21.5. The lowest BCUT2D eigenvalue weighted by molar-refractivity contribution is -0.140. The van der Waals surface area contributed by atoms with Gasteiger partial charge in [-0.2, -0.15) is 0 Å². The van der Waals surface area contributed by atoms with Crippen molar-refractivity contribution < 1.29 is 19.1 Å². The van der Waals surface area contributed by atoms with Crippen LogP contribution in [0.3, 0.4) is 0 Å². The summed E-state index contributed by atoms with van der Waals surface area (Å²) in [7, 11) is 3.16. The second kappa shape index (κ2) is 7.58. The van der Waals surface area contributed by atoms with Gasteiger partial charge >= 0.3 is 0 Å². The summed E-state index contributed by atoms with van der Waals surface area (Å²) in [6.07, 6.45) is 0.216. The first-order valence-electron chi connectivity index (χ1n) is 10.3. The SMILES string of the molecule is COc1cc(CN2C(=O)CC(C3c4ccccc4-c4ccccc43)C2=O)cc(OC)c1. The summed E-state index contributed by atoms with van der Waals surface area (Å²) >= 11 is 0. The third-order valence-electron chi connectivity index (χ3n) is 6.31. The van der Waals surface area contributed by atoms with E-state index in [0.717, 1.165) is 27.8 Å². The van der Waals surface area contributed by atoms with Gasteiger partial charge in [-0.05, 0) is 39.9 Å². The molecule has 1 fully saturated rings. The van der Waals surface area contributed by atoms with Gasteiger partial charge in [0.05, 0.1) is 26.7 Å². The van der Waals surface area contributed by atoms with Crippen molar-refractivity contribution in [2.45, 2.75) is 18.9 Å². The van der Waals surface area contributed by atoms with Crippen molar-refractivity contribution in [2.24, 2.45) is 5.92 Å². The Bertz CT molecular complexity index is 1120. The molecule has 0 radical (unpaired) electrons. The van der Waals surface area contributed by atoms with E-state index in [1.807, 2.05) is 36.4 Å². The molecule has 156 valence electrons. The van der Waals surface area contributed by atoms with Gasteiger partial charge in [-0.3, -0.25) is 14.5 Å². The maximum atomic E-state index is 13.5. The summed E-state index contributed by atoms with van der Waals surface area (Å²) in [5, 5.41) is 0. The van der Waals surface area contributed by atoms with Crippen molar-refractivity contribution >= 4 is 11.8 Å². The minimum absolute atomic E-state index is 0.103. The molecule has 5 heteroatoms. The van der Waals surface area contributed by atoms with Gasteiger partial charge in [-0.25, -0.2) is 0 Å². The Morgan fingerprint density at radius 3 is 1.94 bits per heavy atom. The molecule has 1 atom stereocenters. The van der Waals surface area contributed by atoms with Gasteiger partial charge in [0.15, 0.2) is 0 Å². The second-order valence-corrected chi connectivity index (χ2v) is 8.00. The fourth-order valence-electron chi connectivity index (χ4n) is 4.90. The van der Waals surface area contributed by atoms with E-state index in [1.165, 1.54) is 4.90 Å². The second-order valence-electron chi connectivity index (χ2n) is 8.00. The number of likely N-dealkylation sites (tertiary alicyclic amines) is 1. The van der Waals surface area contributed by atoms with Crippen molar-refractivity contribution in [3.8, 4) is 22.6 Å². The first-order chi connectivity index (χ1) is 15.1. The summed E-state index contributed by atoms with van der Waals surface area (Å²) in [6, 6.07) is 21.8.